The van der Waals surface area contributed by atoms with E-state index in [1.807, 2.05) is 25.1 Å². The molecule has 132 valence electrons. The number of aromatic nitrogens is 1. The Kier molecular flexibility index (Phi) is 3.80. The van der Waals surface area contributed by atoms with Crippen LogP contribution >= 0.6 is 11.3 Å². The van der Waals surface area contributed by atoms with Crippen LogP contribution in [0, 0.1) is 17.8 Å². The van der Waals surface area contributed by atoms with Crippen LogP contribution in [0.3, 0.4) is 0 Å². The first kappa shape index (κ1) is 16.8. The van der Waals surface area contributed by atoms with Crippen molar-refractivity contribution in [3.63, 3.8) is 0 Å². The average Bonchev–Trinajstić information content (AvgIpc) is 3.04. The van der Waals surface area contributed by atoms with Gasteiger partial charge in [-0.25, -0.2) is 4.98 Å². The highest BCUT2D eigenvalue weighted by atomic mass is 32.1. The van der Waals surface area contributed by atoms with Gasteiger partial charge in [-0.05, 0) is 37.0 Å². The number of benzene rings is 1. The number of fused-ring (bicyclic) bond motifs is 2. The van der Waals surface area contributed by atoms with Crippen molar-refractivity contribution < 1.29 is 4.79 Å². The van der Waals surface area contributed by atoms with Gasteiger partial charge in [-0.1, -0.05) is 51.1 Å². The van der Waals surface area contributed by atoms with Crippen LogP contribution in [0.5, 0.6) is 0 Å². The topological polar surface area (TPSA) is 33.2 Å². The lowest BCUT2D eigenvalue weighted by Gasteiger charge is -2.39. The van der Waals surface area contributed by atoms with E-state index in [1.165, 1.54) is 17.8 Å². The van der Waals surface area contributed by atoms with Gasteiger partial charge in [0.15, 0.2) is 0 Å². The maximum absolute atomic E-state index is 13.3. The number of nitrogens with zero attached hydrogens (tertiary/aromatic N) is 2. The van der Waals surface area contributed by atoms with E-state index in [-0.39, 0.29) is 11.3 Å². The van der Waals surface area contributed by atoms with Crippen molar-refractivity contribution in [3.8, 4) is 10.6 Å². The summed E-state index contributed by atoms with van der Waals surface area (Å²) in [5, 5.41) is 0.940. The molecule has 2 heterocycles. The molecule has 1 aliphatic heterocycles. The molecule has 3 nitrogen and oxygen atoms in total. The van der Waals surface area contributed by atoms with Crippen molar-refractivity contribution in [1.29, 1.82) is 0 Å². The van der Waals surface area contributed by atoms with Crippen molar-refractivity contribution in [2.24, 2.45) is 10.8 Å². The fourth-order valence-corrected chi connectivity index (χ4v) is 6.15. The number of rotatable bonds is 2. The molecule has 0 N–H and O–H groups in total. The predicted molar refractivity (Wildman–Crippen MR) is 103 cm³/mol. The Morgan fingerprint density at radius 3 is 2.64 bits per heavy atom. The van der Waals surface area contributed by atoms with Gasteiger partial charge in [0.25, 0.3) is 5.91 Å². The third-order valence-electron chi connectivity index (χ3n) is 5.69. The van der Waals surface area contributed by atoms with Crippen molar-refractivity contribution in [2.75, 3.05) is 6.54 Å². The number of amides is 1. The van der Waals surface area contributed by atoms with Crippen molar-refractivity contribution >= 4 is 17.2 Å². The Morgan fingerprint density at radius 2 is 1.92 bits per heavy atom. The molecule has 2 bridgehead atoms. The first-order valence-corrected chi connectivity index (χ1v) is 9.92. The lowest BCUT2D eigenvalue weighted by Crippen LogP contribution is -2.37. The van der Waals surface area contributed by atoms with Gasteiger partial charge >= 0.3 is 0 Å². The molecule has 2 fully saturated rings. The minimum Gasteiger partial charge on any atom is -0.334 e. The van der Waals surface area contributed by atoms with Crippen LogP contribution in [-0.2, 0) is 0 Å². The second kappa shape index (κ2) is 5.66. The number of carbonyl (C=O) groups excluding carboxylic acids is 1. The SMILES string of the molecule is Cc1nc(-c2ccccc2)sc1C(=O)N1C[C@@]2(C)C[C@H]1CC(C)(C)C2. The van der Waals surface area contributed by atoms with Crippen LogP contribution in [-0.4, -0.2) is 28.4 Å². The molecule has 25 heavy (non-hydrogen) atoms. The summed E-state index contributed by atoms with van der Waals surface area (Å²) in [6.45, 7) is 9.89. The summed E-state index contributed by atoms with van der Waals surface area (Å²) in [7, 11) is 0. The normalized spacial score (nSPS) is 27.5. The fraction of sp³-hybridized carbons (Fsp3) is 0.524. The monoisotopic (exact) mass is 354 g/mol. The lowest BCUT2D eigenvalue weighted by molar-refractivity contribution is 0.0712. The second-order valence-electron chi connectivity index (χ2n) is 8.95. The second-order valence-corrected chi connectivity index (χ2v) is 9.95. The molecular formula is C21H26N2OS. The lowest BCUT2D eigenvalue weighted by atomic mass is 9.65. The van der Waals surface area contributed by atoms with Gasteiger partial charge in [-0.15, -0.1) is 11.3 Å². The first-order chi connectivity index (χ1) is 11.8. The summed E-state index contributed by atoms with van der Waals surface area (Å²) >= 11 is 1.54. The van der Waals surface area contributed by atoms with Gasteiger partial charge in [0.05, 0.1) is 5.69 Å². The zero-order valence-electron chi connectivity index (χ0n) is 15.5. The molecule has 2 aliphatic rings. The molecule has 1 aliphatic carbocycles. The van der Waals surface area contributed by atoms with Gasteiger partial charge in [-0.2, -0.15) is 0 Å². The number of hydrogen-bond acceptors (Lipinski definition) is 3. The van der Waals surface area contributed by atoms with Crippen LogP contribution in [0.1, 0.15) is 55.4 Å². The Bertz CT molecular complexity index is 811. The molecule has 2 aromatic rings. The van der Waals surface area contributed by atoms with Crippen LogP contribution in [0.25, 0.3) is 10.6 Å². The molecule has 4 rings (SSSR count). The third kappa shape index (κ3) is 3.01. The number of carbonyl (C=O) groups is 1. The summed E-state index contributed by atoms with van der Waals surface area (Å²) in [6, 6.07) is 10.5. The van der Waals surface area contributed by atoms with Gasteiger partial charge < -0.3 is 4.90 Å². The molecular weight excluding hydrogens is 328 g/mol. The summed E-state index contributed by atoms with van der Waals surface area (Å²) in [5.74, 6) is 0.184. The quantitative estimate of drug-likeness (QED) is 0.746. The van der Waals surface area contributed by atoms with E-state index >= 15 is 0 Å². The van der Waals surface area contributed by atoms with Gasteiger partial charge in [0.2, 0.25) is 0 Å². The Labute approximate surface area is 154 Å². The summed E-state index contributed by atoms with van der Waals surface area (Å²) < 4.78 is 0. The Hall–Kier alpha value is -1.68. The minimum absolute atomic E-state index is 0.184. The molecule has 2 atom stereocenters. The highest BCUT2D eigenvalue weighted by molar-refractivity contribution is 7.17. The molecule has 0 unspecified atom stereocenters. The summed E-state index contributed by atoms with van der Waals surface area (Å²) in [6.07, 6.45) is 3.46. The number of aryl methyl sites for hydroxylation is 1. The van der Waals surface area contributed by atoms with Crippen LogP contribution < -0.4 is 0 Å². The molecule has 0 spiro atoms. The highest BCUT2D eigenvalue weighted by Crippen LogP contribution is 2.53. The van der Waals surface area contributed by atoms with Crippen LogP contribution in [0.15, 0.2) is 30.3 Å². The van der Waals surface area contributed by atoms with Gasteiger partial charge in [0.1, 0.15) is 9.88 Å². The number of hydrogen-bond donors (Lipinski definition) is 0. The minimum atomic E-state index is 0.184. The molecule has 1 aromatic heterocycles. The smallest absolute Gasteiger partial charge is 0.266 e. The van der Waals surface area contributed by atoms with E-state index in [9.17, 15) is 4.79 Å². The fourth-order valence-electron chi connectivity index (χ4n) is 5.13. The largest absolute Gasteiger partial charge is 0.334 e. The van der Waals surface area contributed by atoms with E-state index in [2.05, 4.69) is 42.8 Å². The number of thiazole rings is 1. The van der Waals surface area contributed by atoms with E-state index in [4.69, 9.17) is 0 Å². The molecule has 4 heteroatoms. The highest BCUT2D eigenvalue weighted by Gasteiger charge is 2.51. The van der Waals surface area contributed by atoms with E-state index < -0.39 is 0 Å². The van der Waals surface area contributed by atoms with E-state index in [0.717, 1.165) is 40.5 Å². The molecule has 1 saturated carbocycles. The zero-order chi connectivity index (χ0) is 17.8. The van der Waals surface area contributed by atoms with Crippen LogP contribution in [0.2, 0.25) is 0 Å². The maximum Gasteiger partial charge on any atom is 0.266 e. The molecule has 1 aromatic carbocycles. The third-order valence-corrected chi connectivity index (χ3v) is 6.88. The predicted octanol–water partition coefficient (Wildman–Crippen LogP) is 5.16. The summed E-state index contributed by atoms with van der Waals surface area (Å²) in [4.78, 5) is 20.9. The molecule has 1 amide bonds. The van der Waals surface area contributed by atoms with Crippen molar-refractivity contribution in [2.45, 2.75) is 53.0 Å². The van der Waals surface area contributed by atoms with Gasteiger partial charge in [0, 0.05) is 18.2 Å². The molecule has 0 radical (unpaired) electrons. The number of likely N-dealkylation sites (tertiary alicyclic amines) is 1. The Morgan fingerprint density at radius 1 is 1.20 bits per heavy atom. The van der Waals surface area contributed by atoms with E-state index in [1.54, 1.807) is 0 Å². The van der Waals surface area contributed by atoms with Gasteiger partial charge in [-0.3, -0.25) is 4.79 Å². The average molecular weight is 355 g/mol. The standard InChI is InChI=1S/C21H26N2OS/c1-14-17(25-18(22-14)15-8-6-5-7-9-15)19(24)23-13-21(4)11-16(23)10-20(2,3)12-21/h5-9,16H,10-13H2,1-4H3/t16-,21+/m1/s1. The zero-order valence-corrected chi connectivity index (χ0v) is 16.3. The first-order valence-electron chi connectivity index (χ1n) is 9.10. The Balaban J connectivity index is 1.63. The van der Waals surface area contributed by atoms with Crippen LogP contribution in [0.4, 0.5) is 0 Å². The van der Waals surface area contributed by atoms with Crippen molar-refractivity contribution in [1.82, 2.24) is 9.88 Å². The maximum atomic E-state index is 13.3. The molecule has 1 saturated heterocycles. The van der Waals surface area contributed by atoms with Crippen molar-refractivity contribution in [3.05, 3.63) is 40.9 Å². The summed E-state index contributed by atoms with van der Waals surface area (Å²) in [5.41, 5.74) is 2.54. The van der Waals surface area contributed by atoms with E-state index in [0.29, 0.717) is 11.5 Å².